The SMILES string of the molecule is CC(=CCC(=O)O[Si](c1ccccc1)(c1ccccc1)c1ccccc1)C(=O)O. The van der Waals surface area contributed by atoms with Crippen LogP contribution >= 0.6 is 0 Å². The maximum Gasteiger partial charge on any atom is 0.350 e. The number of carboxylic acid groups (broad SMARTS) is 1. The van der Waals surface area contributed by atoms with Crippen LogP contribution in [0.25, 0.3) is 0 Å². The largest absolute Gasteiger partial charge is 0.505 e. The van der Waals surface area contributed by atoms with Crippen LogP contribution in [0.15, 0.2) is 103 Å². The van der Waals surface area contributed by atoms with Gasteiger partial charge in [0, 0.05) is 5.57 Å². The van der Waals surface area contributed by atoms with E-state index in [1.54, 1.807) is 0 Å². The van der Waals surface area contributed by atoms with Crippen molar-refractivity contribution in [3.63, 3.8) is 0 Å². The Labute approximate surface area is 171 Å². The minimum absolute atomic E-state index is 0.0978. The Morgan fingerprint density at radius 2 is 1.17 bits per heavy atom. The average molecular weight is 403 g/mol. The number of carbonyl (C=O) groups is 2. The molecule has 0 saturated heterocycles. The summed E-state index contributed by atoms with van der Waals surface area (Å²) in [5.74, 6) is -1.50. The average Bonchev–Trinajstić information content (AvgIpc) is 2.77. The van der Waals surface area contributed by atoms with Crippen molar-refractivity contribution in [1.29, 1.82) is 0 Å². The second kappa shape index (κ2) is 9.17. The molecule has 0 unspecified atom stereocenters. The lowest BCUT2D eigenvalue weighted by Crippen LogP contribution is -2.70. The lowest BCUT2D eigenvalue weighted by atomic mass is 10.2. The van der Waals surface area contributed by atoms with E-state index in [4.69, 9.17) is 9.53 Å². The molecule has 0 fully saturated rings. The number of carboxylic acids is 1. The maximum atomic E-state index is 12.9. The highest BCUT2D eigenvalue weighted by atomic mass is 28.4. The second-order valence-electron chi connectivity index (χ2n) is 6.65. The molecular weight excluding hydrogens is 380 g/mol. The summed E-state index contributed by atoms with van der Waals surface area (Å²) in [6.45, 7) is 1.46. The van der Waals surface area contributed by atoms with E-state index in [2.05, 4.69) is 0 Å². The molecule has 3 rings (SSSR count). The Morgan fingerprint density at radius 3 is 1.52 bits per heavy atom. The smallest absolute Gasteiger partial charge is 0.350 e. The van der Waals surface area contributed by atoms with Crippen molar-refractivity contribution in [2.24, 2.45) is 0 Å². The van der Waals surface area contributed by atoms with Gasteiger partial charge in [-0.1, -0.05) is 97.1 Å². The summed E-state index contributed by atoms with van der Waals surface area (Å²) in [4.78, 5) is 23.9. The molecule has 0 aliphatic rings. The van der Waals surface area contributed by atoms with Gasteiger partial charge in [-0.2, -0.15) is 0 Å². The molecule has 0 spiro atoms. The predicted molar refractivity (Wildman–Crippen MR) is 116 cm³/mol. The lowest BCUT2D eigenvalue weighted by molar-refractivity contribution is -0.133. The molecule has 4 nitrogen and oxygen atoms in total. The fourth-order valence-corrected chi connectivity index (χ4v) is 7.00. The van der Waals surface area contributed by atoms with Gasteiger partial charge >= 0.3 is 14.3 Å². The zero-order chi connectivity index (χ0) is 20.7. The van der Waals surface area contributed by atoms with Crippen LogP contribution in [0.2, 0.25) is 0 Å². The van der Waals surface area contributed by atoms with E-state index in [0.717, 1.165) is 15.6 Å². The van der Waals surface area contributed by atoms with Gasteiger partial charge in [0.25, 0.3) is 5.97 Å². The summed E-state index contributed by atoms with van der Waals surface area (Å²) in [6.07, 6.45) is 1.30. The first-order valence-electron chi connectivity index (χ1n) is 9.32. The minimum Gasteiger partial charge on any atom is -0.505 e. The van der Waals surface area contributed by atoms with Gasteiger partial charge in [0.1, 0.15) is 0 Å². The van der Waals surface area contributed by atoms with Crippen LogP contribution in [0.3, 0.4) is 0 Å². The highest BCUT2D eigenvalue weighted by Crippen LogP contribution is 2.12. The van der Waals surface area contributed by atoms with Crippen molar-refractivity contribution in [1.82, 2.24) is 0 Å². The van der Waals surface area contributed by atoms with Crippen LogP contribution in [-0.2, 0) is 14.0 Å². The summed E-state index contributed by atoms with van der Waals surface area (Å²) in [5, 5.41) is 11.9. The zero-order valence-corrected chi connectivity index (χ0v) is 17.1. The number of hydrogen-bond acceptors (Lipinski definition) is 3. The number of aliphatic carboxylic acids is 1. The fourth-order valence-electron chi connectivity index (χ4n) is 3.23. The van der Waals surface area contributed by atoms with Crippen molar-refractivity contribution in [3.05, 3.63) is 103 Å². The Kier molecular flexibility index (Phi) is 6.42. The Morgan fingerprint density at radius 1 is 0.793 bits per heavy atom. The lowest BCUT2D eigenvalue weighted by Gasteiger charge is -2.32. The molecule has 146 valence electrons. The summed E-state index contributed by atoms with van der Waals surface area (Å²) in [7, 11) is -3.11. The van der Waals surface area contributed by atoms with Crippen molar-refractivity contribution in [2.75, 3.05) is 0 Å². The third-order valence-corrected chi connectivity index (χ3v) is 8.69. The Bertz CT molecular complexity index is 902. The Hall–Kier alpha value is -3.44. The van der Waals surface area contributed by atoms with E-state index in [1.165, 1.54) is 13.0 Å². The van der Waals surface area contributed by atoms with Crippen molar-refractivity contribution >= 4 is 35.8 Å². The van der Waals surface area contributed by atoms with Gasteiger partial charge in [-0.3, -0.25) is 4.79 Å². The van der Waals surface area contributed by atoms with Crippen LogP contribution in [0, 0.1) is 0 Å². The van der Waals surface area contributed by atoms with Gasteiger partial charge in [0.05, 0.1) is 6.42 Å². The molecule has 0 atom stereocenters. The molecule has 1 N–H and O–H groups in total. The van der Waals surface area contributed by atoms with Crippen LogP contribution in [0.5, 0.6) is 0 Å². The van der Waals surface area contributed by atoms with Gasteiger partial charge < -0.3 is 9.53 Å². The van der Waals surface area contributed by atoms with Gasteiger partial charge in [-0.05, 0) is 22.5 Å². The van der Waals surface area contributed by atoms with Gasteiger partial charge in [-0.15, -0.1) is 0 Å². The van der Waals surface area contributed by atoms with Crippen LogP contribution in [-0.4, -0.2) is 25.4 Å². The number of benzene rings is 3. The van der Waals surface area contributed by atoms with Crippen molar-refractivity contribution in [3.8, 4) is 0 Å². The maximum absolute atomic E-state index is 12.9. The summed E-state index contributed by atoms with van der Waals surface area (Å²) >= 11 is 0. The molecule has 3 aromatic rings. The molecule has 5 heteroatoms. The molecule has 0 aliphatic heterocycles. The highest BCUT2D eigenvalue weighted by molar-refractivity contribution is 7.07. The molecule has 0 bridgehead atoms. The number of carbonyl (C=O) groups excluding carboxylic acids is 1. The standard InChI is InChI=1S/C24H22O4Si/c1-19(24(26)27)17-18-23(25)28-29(20-11-5-2-6-12-20,21-13-7-3-8-14-21)22-15-9-4-10-16-22/h2-17H,18H2,1H3,(H,26,27). The van der Waals surface area contributed by atoms with E-state index < -0.39 is 20.3 Å². The molecular formula is C24H22O4Si. The Balaban J connectivity index is 2.14. The quantitative estimate of drug-likeness (QED) is 0.375. The first-order valence-corrected chi connectivity index (χ1v) is 11.2. The van der Waals surface area contributed by atoms with Crippen LogP contribution in [0.1, 0.15) is 13.3 Å². The topological polar surface area (TPSA) is 63.6 Å². The first-order chi connectivity index (χ1) is 14.0. The first kappa shape index (κ1) is 20.3. The molecule has 0 saturated carbocycles. The van der Waals surface area contributed by atoms with E-state index in [-0.39, 0.29) is 12.0 Å². The second-order valence-corrected chi connectivity index (χ2v) is 9.95. The van der Waals surface area contributed by atoms with E-state index in [0.29, 0.717) is 0 Å². The summed E-state index contributed by atoms with van der Waals surface area (Å²) in [6, 6.07) is 29.3. The number of hydrogen-bond donors (Lipinski definition) is 1. The van der Waals surface area contributed by atoms with E-state index in [9.17, 15) is 9.59 Å². The highest BCUT2D eigenvalue weighted by Gasteiger charge is 2.45. The summed E-state index contributed by atoms with van der Waals surface area (Å²) in [5.41, 5.74) is 0.119. The van der Waals surface area contributed by atoms with Gasteiger partial charge in [-0.25, -0.2) is 4.79 Å². The van der Waals surface area contributed by atoms with Gasteiger partial charge in [0.2, 0.25) is 0 Å². The van der Waals surface area contributed by atoms with Crippen LogP contribution < -0.4 is 15.6 Å². The molecule has 0 heterocycles. The third-order valence-electron chi connectivity index (χ3n) is 4.72. The van der Waals surface area contributed by atoms with Crippen molar-refractivity contribution < 1.29 is 19.1 Å². The van der Waals surface area contributed by atoms with Crippen LogP contribution in [0.4, 0.5) is 0 Å². The minimum atomic E-state index is -3.11. The monoisotopic (exact) mass is 402 g/mol. The predicted octanol–water partition coefficient (Wildman–Crippen LogP) is 2.62. The molecule has 29 heavy (non-hydrogen) atoms. The molecule has 0 radical (unpaired) electrons. The molecule has 0 amide bonds. The van der Waals surface area contributed by atoms with Crippen molar-refractivity contribution in [2.45, 2.75) is 13.3 Å². The summed E-state index contributed by atoms with van der Waals surface area (Å²) < 4.78 is 6.29. The zero-order valence-electron chi connectivity index (χ0n) is 16.1. The molecule has 0 aromatic heterocycles. The normalized spacial score (nSPS) is 11.7. The van der Waals surface area contributed by atoms with Gasteiger partial charge in [0.15, 0.2) is 0 Å². The van der Waals surface area contributed by atoms with E-state index in [1.807, 2.05) is 91.0 Å². The van der Waals surface area contributed by atoms with E-state index >= 15 is 0 Å². The fraction of sp³-hybridized carbons (Fsp3) is 0.0833. The third kappa shape index (κ3) is 4.52. The molecule has 0 aliphatic carbocycles. The number of rotatable bonds is 7. The molecule has 3 aromatic carbocycles.